The van der Waals surface area contributed by atoms with Gasteiger partial charge in [0.1, 0.15) is 24.2 Å². The zero-order valence-electron chi connectivity index (χ0n) is 37.4. The van der Waals surface area contributed by atoms with E-state index in [1.807, 2.05) is 0 Å². The van der Waals surface area contributed by atoms with Crippen LogP contribution in [0, 0.1) is 0 Å². The summed E-state index contributed by atoms with van der Waals surface area (Å²) in [5.41, 5.74) is 7.30. The Hall–Kier alpha value is -4.40. The van der Waals surface area contributed by atoms with Gasteiger partial charge in [0.25, 0.3) is 0 Å². The molecule has 0 bridgehead atoms. The molecule has 0 aromatic carbocycles. The molecule has 22 nitrogen and oxygen atoms in total. The second-order valence-corrected chi connectivity index (χ2v) is 15.6. The fraction of sp³-hybridized carbons (Fsp3) is 0.738. The largest absolute Gasteiger partial charge is 0.698 e. The molecule has 0 aliphatic heterocycles. The molecule has 0 fully saturated rings. The SMILES string of the molecule is [NH-][C@H]([C-]=O)CCCCNC(=O)CC[C@H](NC(=O)CC[C@H](NC(=O)CC[C@H](NC(=O)CC[C@H](NC(=O)CCCCCCCCCCCCCCC(=O)O)C(=O)O)C(=O)O)C(=O)O)C(=O)O.[V].[W]. The van der Waals surface area contributed by atoms with Crippen LogP contribution in [0.3, 0.4) is 0 Å². The first-order chi connectivity index (χ1) is 30.4. The monoisotopic (exact) mass is 1150 g/mol. The normalized spacial score (nSPS) is 12.8. The Kier molecular flexibility index (Phi) is 40.8. The van der Waals surface area contributed by atoms with Crippen molar-refractivity contribution in [3.8, 4) is 0 Å². The van der Waals surface area contributed by atoms with E-state index in [-0.39, 0.29) is 84.7 Å². The van der Waals surface area contributed by atoms with Crippen LogP contribution >= 0.6 is 0 Å². The minimum absolute atomic E-state index is 0. The van der Waals surface area contributed by atoms with E-state index in [0.717, 1.165) is 64.2 Å². The van der Waals surface area contributed by atoms with Crippen molar-refractivity contribution in [1.29, 1.82) is 0 Å². The Bertz CT molecular complexity index is 1530. The van der Waals surface area contributed by atoms with E-state index >= 15 is 0 Å². The fourth-order valence-corrected chi connectivity index (χ4v) is 6.38. The van der Waals surface area contributed by atoms with Gasteiger partial charge in [0.2, 0.25) is 29.5 Å². The average Bonchev–Trinajstić information content (AvgIpc) is 3.23. The van der Waals surface area contributed by atoms with E-state index < -0.39 is 122 Å². The summed E-state index contributed by atoms with van der Waals surface area (Å²) in [5.74, 6) is -10.4. The number of rotatable bonds is 41. The van der Waals surface area contributed by atoms with Gasteiger partial charge >= 0.3 is 29.8 Å². The zero-order chi connectivity index (χ0) is 48.3. The van der Waals surface area contributed by atoms with Gasteiger partial charge in [-0.15, -0.1) is 0 Å². The molecule has 24 heteroatoms. The topological polar surface area (TPSA) is 373 Å². The van der Waals surface area contributed by atoms with Gasteiger partial charge in [-0.2, -0.15) is 0 Å². The molecular weight excluding hydrogens is 1080 g/mol. The summed E-state index contributed by atoms with van der Waals surface area (Å²) in [6, 6.07) is -7.12. The van der Waals surface area contributed by atoms with Crippen LogP contribution in [0.5, 0.6) is 0 Å². The molecular formula is C42H68N6O16VW-2. The van der Waals surface area contributed by atoms with Crippen molar-refractivity contribution in [3.05, 3.63) is 5.73 Å². The molecule has 5 amide bonds. The third-order valence-corrected chi connectivity index (χ3v) is 10.1. The van der Waals surface area contributed by atoms with Gasteiger partial charge in [-0.25, -0.2) is 25.2 Å². The van der Waals surface area contributed by atoms with Crippen LogP contribution in [0.2, 0.25) is 0 Å². The van der Waals surface area contributed by atoms with Crippen molar-refractivity contribution in [1.82, 2.24) is 26.6 Å². The Morgan fingerprint density at radius 3 is 0.985 bits per heavy atom. The van der Waals surface area contributed by atoms with Crippen LogP contribution in [0.15, 0.2) is 0 Å². The second-order valence-electron chi connectivity index (χ2n) is 15.6. The molecule has 0 heterocycles. The summed E-state index contributed by atoms with van der Waals surface area (Å²) < 4.78 is 0. The van der Waals surface area contributed by atoms with Crippen molar-refractivity contribution >= 4 is 65.7 Å². The van der Waals surface area contributed by atoms with Crippen molar-refractivity contribution in [3.63, 3.8) is 0 Å². The van der Waals surface area contributed by atoms with Crippen LogP contribution in [-0.2, 0) is 92.4 Å². The number of aliphatic carboxylic acids is 5. The molecule has 0 spiro atoms. The maximum absolute atomic E-state index is 12.6. The molecule has 0 aliphatic carbocycles. The minimum Gasteiger partial charge on any atom is -0.698 e. The van der Waals surface area contributed by atoms with Crippen molar-refractivity contribution in [2.45, 2.75) is 191 Å². The summed E-state index contributed by atoms with van der Waals surface area (Å²) in [6.45, 7) is 0.229. The summed E-state index contributed by atoms with van der Waals surface area (Å²) in [4.78, 5) is 130. The Morgan fingerprint density at radius 1 is 0.394 bits per heavy atom. The Labute approximate surface area is 411 Å². The molecule has 0 aliphatic rings. The summed E-state index contributed by atoms with van der Waals surface area (Å²) in [6.07, 6.45) is 11.0. The molecule has 375 valence electrons. The fourth-order valence-electron chi connectivity index (χ4n) is 6.38. The number of nitrogens with one attached hydrogen (secondary N) is 6. The molecule has 0 saturated carbocycles. The van der Waals surface area contributed by atoms with Crippen LogP contribution in [0.4, 0.5) is 0 Å². The molecule has 0 aromatic rings. The molecule has 5 atom stereocenters. The molecule has 66 heavy (non-hydrogen) atoms. The van der Waals surface area contributed by atoms with Gasteiger partial charge in [-0.05, 0) is 44.9 Å². The van der Waals surface area contributed by atoms with Crippen LogP contribution < -0.4 is 26.6 Å². The molecule has 0 aromatic heterocycles. The average molecular weight is 1150 g/mol. The van der Waals surface area contributed by atoms with Gasteiger partial charge in [0.15, 0.2) is 0 Å². The number of hydrogen-bond donors (Lipinski definition) is 10. The standard InChI is InChI=1S/C42H68N6O16.V.W/c43-28(27-49)15-13-14-26-44-33(50)22-18-29(39(57)58)46-35(52)24-20-31(41(61)62)48-37(54)25-21-32(42(63)64)47-36(53)23-19-30(40(59)60)45-34(51)16-11-9-7-5-3-1-2-4-6-8-10-12-17-38(55)56;;/h28-32,43H,1-26H2,(H,44,50)(H,45,51)(H,46,52)(H,47,53)(H,48,54)(H,55,56)(H,57,58)(H,59,60)(H,61,62)(H,63,64);;/q-2;;/t28-,29-,30-,31-,32-;;/m0../s1. The van der Waals surface area contributed by atoms with E-state index in [2.05, 4.69) is 26.6 Å². The number of unbranched alkanes of at least 4 members (excludes halogenated alkanes) is 12. The van der Waals surface area contributed by atoms with Crippen molar-refractivity contribution in [2.24, 2.45) is 0 Å². The number of hydrogen-bond acceptors (Lipinski definition) is 11. The number of carboxylic acids is 5. The predicted molar refractivity (Wildman–Crippen MR) is 228 cm³/mol. The van der Waals surface area contributed by atoms with Gasteiger partial charge in [0, 0.05) is 84.7 Å². The third-order valence-electron chi connectivity index (χ3n) is 10.1. The van der Waals surface area contributed by atoms with Crippen LogP contribution in [-0.4, -0.2) is 128 Å². The first-order valence-electron chi connectivity index (χ1n) is 22.0. The minimum atomic E-state index is -1.63. The quantitative estimate of drug-likeness (QED) is 0.0311. The predicted octanol–water partition coefficient (Wildman–Crippen LogP) is 2.74. The third kappa shape index (κ3) is 36.8. The second kappa shape index (κ2) is 40.8. The van der Waals surface area contributed by atoms with E-state index in [1.165, 1.54) is 6.29 Å². The first-order valence-corrected chi connectivity index (χ1v) is 22.0. The maximum atomic E-state index is 12.6. The van der Waals surface area contributed by atoms with E-state index in [9.17, 15) is 73.2 Å². The molecule has 11 N–H and O–H groups in total. The molecule has 1 radical (unpaired) electrons. The van der Waals surface area contributed by atoms with E-state index in [4.69, 9.17) is 10.8 Å². The van der Waals surface area contributed by atoms with Crippen molar-refractivity contribution in [2.75, 3.05) is 6.54 Å². The van der Waals surface area contributed by atoms with E-state index in [0.29, 0.717) is 25.7 Å². The zero-order valence-corrected chi connectivity index (χ0v) is 41.7. The number of carboxylic acid groups (broad SMARTS) is 5. The molecule has 0 unspecified atom stereocenters. The summed E-state index contributed by atoms with van der Waals surface area (Å²) >= 11 is 0. The molecule has 0 saturated heterocycles. The van der Waals surface area contributed by atoms with E-state index in [1.54, 1.807) is 0 Å². The smallest absolute Gasteiger partial charge is 0.326 e. The van der Waals surface area contributed by atoms with Gasteiger partial charge in [0.05, 0.1) is 0 Å². The number of amides is 5. The van der Waals surface area contributed by atoms with Gasteiger partial charge in [-0.3, -0.25) is 35.1 Å². The Morgan fingerprint density at radius 2 is 0.682 bits per heavy atom. The number of carbonyl (C=O) groups excluding carboxylic acids is 6. The van der Waals surface area contributed by atoms with Gasteiger partial charge < -0.3 is 62.6 Å². The van der Waals surface area contributed by atoms with Crippen LogP contribution in [0.25, 0.3) is 5.73 Å². The Balaban J connectivity index is -0.0000198. The summed E-state index contributed by atoms with van der Waals surface area (Å²) in [7, 11) is 0. The molecule has 0 rings (SSSR count). The summed E-state index contributed by atoms with van der Waals surface area (Å²) in [5, 5.41) is 58.3. The first kappa shape index (κ1) is 65.9. The van der Waals surface area contributed by atoms with Crippen LogP contribution in [0.1, 0.15) is 161 Å². The number of carbonyl (C=O) groups is 10. The van der Waals surface area contributed by atoms with Gasteiger partial charge in [-0.1, -0.05) is 77.0 Å². The maximum Gasteiger partial charge on any atom is 0.326 e. The van der Waals surface area contributed by atoms with Crippen molar-refractivity contribution < 1.29 is 118 Å².